The lowest BCUT2D eigenvalue weighted by molar-refractivity contribution is -0.117. The molecule has 0 saturated carbocycles. The van der Waals surface area contributed by atoms with Crippen molar-refractivity contribution in [3.05, 3.63) is 16.9 Å². The fourth-order valence-corrected chi connectivity index (χ4v) is 2.75. The summed E-state index contributed by atoms with van der Waals surface area (Å²) < 4.78 is 0.766. The van der Waals surface area contributed by atoms with Gasteiger partial charge in [0.1, 0.15) is 0 Å². The van der Waals surface area contributed by atoms with Crippen molar-refractivity contribution in [1.82, 2.24) is 9.97 Å². The van der Waals surface area contributed by atoms with Gasteiger partial charge in [-0.05, 0) is 15.9 Å². The fraction of sp³-hybridized carbons (Fsp3) is 0.400. The number of hydrogen-bond acceptors (Lipinski definition) is 5. The fourth-order valence-electron chi connectivity index (χ4n) is 1.63. The molecule has 1 amide bonds. The first-order valence-electron chi connectivity index (χ1n) is 5.01. The van der Waals surface area contributed by atoms with Crippen LogP contribution >= 0.6 is 27.7 Å². The van der Waals surface area contributed by atoms with Gasteiger partial charge in [-0.2, -0.15) is 0 Å². The Labute approximate surface area is 111 Å². The van der Waals surface area contributed by atoms with E-state index >= 15 is 0 Å². The number of thioether (sulfide) groups is 1. The van der Waals surface area contributed by atoms with Crippen LogP contribution in [0.5, 0.6) is 0 Å². The summed E-state index contributed by atoms with van der Waals surface area (Å²) in [5.41, 5.74) is 0. The van der Waals surface area contributed by atoms with E-state index in [0.717, 1.165) is 4.47 Å². The molecule has 1 aliphatic heterocycles. The van der Waals surface area contributed by atoms with Crippen LogP contribution in [-0.2, 0) is 9.59 Å². The average Bonchev–Trinajstić information content (AvgIpc) is 2.59. The van der Waals surface area contributed by atoms with Crippen LogP contribution in [0.2, 0.25) is 0 Å². The molecule has 1 fully saturated rings. The maximum atomic E-state index is 11.8. The van der Waals surface area contributed by atoms with Gasteiger partial charge in [-0.15, -0.1) is 0 Å². The minimum Gasteiger partial charge on any atom is -0.288 e. The van der Waals surface area contributed by atoms with Crippen molar-refractivity contribution in [3.8, 4) is 0 Å². The second-order valence-corrected chi connectivity index (χ2v) is 6.03. The highest BCUT2D eigenvalue weighted by Gasteiger charge is 2.33. The molecule has 5 nitrogen and oxygen atoms in total. The van der Waals surface area contributed by atoms with E-state index in [1.54, 1.807) is 12.4 Å². The lowest BCUT2D eigenvalue weighted by atomic mass is 10.4. The van der Waals surface area contributed by atoms with Crippen LogP contribution in [-0.4, -0.2) is 32.8 Å². The van der Waals surface area contributed by atoms with Gasteiger partial charge >= 0.3 is 0 Å². The standard InChI is InChI=1S/C10H10BrN3O2S/c1-6(15)17-8-2-9(16)14(5-8)10-12-3-7(11)4-13-10/h3-4,8H,2,5H2,1H3. The normalized spacial score (nSPS) is 19.8. The van der Waals surface area contributed by atoms with E-state index in [4.69, 9.17) is 0 Å². The largest absolute Gasteiger partial charge is 0.288 e. The molecule has 1 aromatic rings. The van der Waals surface area contributed by atoms with Gasteiger partial charge in [0.2, 0.25) is 11.9 Å². The van der Waals surface area contributed by atoms with Crippen LogP contribution in [0.15, 0.2) is 16.9 Å². The molecule has 1 aliphatic rings. The summed E-state index contributed by atoms with van der Waals surface area (Å²) in [6, 6.07) is 0. The molecule has 7 heteroatoms. The van der Waals surface area contributed by atoms with E-state index in [1.807, 2.05) is 0 Å². The maximum absolute atomic E-state index is 11.8. The predicted octanol–water partition coefficient (Wildman–Crippen LogP) is 1.62. The number of rotatable bonds is 2. The van der Waals surface area contributed by atoms with Crippen LogP contribution in [0.3, 0.4) is 0 Å². The van der Waals surface area contributed by atoms with Crippen LogP contribution in [0.4, 0.5) is 5.95 Å². The topological polar surface area (TPSA) is 63.2 Å². The predicted molar refractivity (Wildman–Crippen MR) is 68.8 cm³/mol. The van der Waals surface area contributed by atoms with Crippen molar-refractivity contribution in [2.24, 2.45) is 0 Å². The molecule has 1 saturated heterocycles. The highest BCUT2D eigenvalue weighted by atomic mass is 79.9. The molecule has 2 rings (SSSR count). The van der Waals surface area contributed by atoms with Gasteiger partial charge in [-0.25, -0.2) is 9.97 Å². The van der Waals surface area contributed by atoms with E-state index in [0.29, 0.717) is 18.9 Å². The Balaban J connectivity index is 2.10. The van der Waals surface area contributed by atoms with E-state index in [1.165, 1.54) is 23.6 Å². The highest BCUT2D eigenvalue weighted by Crippen LogP contribution is 2.26. The molecule has 1 atom stereocenters. The molecule has 17 heavy (non-hydrogen) atoms. The summed E-state index contributed by atoms with van der Waals surface area (Å²) in [6.07, 6.45) is 3.56. The van der Waals surface area contributed by atoms with Gasteiger partial charge in [0.05, 0.1) is 4.47 Å². The third-order valence-corrected chi connectivity index (χ3v) is 3.66. The molecule has 1 aromatic heterocycles. The molecule has 90 valence electrons. The number of carbonyl (C=O) groups excluding carboxylic acids is 2. The number of hydrogen-bond donors (Lipinski definition) is 0. The summed E-state index contributed by atoms with van der Waals surface area (Å²) in [6.45, 7) is 2.00. The molecular weight excluding hydrogens is 306 g/mol. The quantitative estimate of drug-likeness (QED) is 0.830. The third kappa shape index (κ3) is 3.04. The van der Waals surface area contributed by atoms with Gasteiger partial charge in [0, 0.05) is 37.5 Å². The molecule has 0 N–H and O–H groups in total. The summed E-state index contributed by atoms with van der Waals surface area (Å²) in [5, 5.41) is 0.0358. The van der Waals surface area contributed by atoms with Crippen LogP contribution in [0, 0.1) is 0 Å². The van der Waals surface area contributed by atoms with Gasteiger partial charge in [0.25, 0.3) is 0 Å². The molecule has 0 aliphatic carbocycles. The smallest absolute Gasteiger partial charge is 0.232 e. The van der Waals surface area contributed by atoms with E-state index in [9.17, 15) is 9.59 Å². The van der Waals surface area contributed by atoms with Crippen molar-refractivity contribution in [2.75, 3.05) is 11.4 Å². The van der Waals surface area contributed by atoms with Gasteiger partial charge < -0.3 is 0 Å². The minimum atomic E-state index is -0.0360. The lowest BCUT2D eigenvalue weighted by Crippen LogP contribution is -2.26. The molecular formula is C10H10BrN3O2S. The number of aromatic nitrogens is 2. The maximum Gasteiger partial charge on any atom is 0.232 e. The molecule has 0 radical (unpaired) electrons. The van der Waals surface area contributed by atoms with E-state index in [2.05, 4.69) is 25.9 Å². The van der Waals surface area contributed by atoms with Crippen molar-refractivity contribution in [2.45, 2.75) is 18.6 Å². The molecule has 2 heterocycles. The zero-order chi connectivity index (χ0) is 12.4. The minimum absolute atomic E-state index is 0.00671. The first-order valence-corrected chi connectivity index (χ1v) is 6.68. The van der Waals surface area contributed by atoms with Gasteiger partial charge in [-0.3, -0.25) is 14.5 Å². The number of halogens is 1. The summed E-state index contributed by atoms with van der Waals surface area (Å²) in [4.78, 5) is 32.4. The Morgan fingerprint density at radius 1 is 1.53 bits per heavy atom. The zero-order valence-corrected chi connectivity index (χ0v) is 11.5. The Kier molecular flexibility index (Phi) is 3.78. The SMILES string of the molecule is CC(=O)SC1CC(=O)N(c2ncc(Br)cn2)C1. The van der Waals surface area contributed by atoms with Crippen molar-refractivity contribution in [3.63, 3.8) is 0 Å². The monoisotopic (exact) mass is 315 g/mol. The average molecular weight is 316 g/mol. The summed E-state index contributed by atoms with van der Waals surface area (Å²) in [7, 11) is 0. The molecule has 0 bridgehead atoms. The summed E-state index contributed by atoms with van der Waals surface area (Å²) >= 11 is 4.44. The second kappa shape index (κ2) is 5.14. The Morgan fingerprint density at radius 2 is 2.18 bits per heavy atom. The highest BCUT2D eigenvalue weighted by molar-refractivity contribution is 9.10. The number of anilines is 1. The second-order valence-electron chi connectivity index (χ2n) is 3.64. The first kappa shape index (κ1) is 12.5. The number of amides is 1. The number of carbonyl (C=O) groups is 2. The molecule has 0 aromatic carbocycles. The van der Waals surface area contributed by atoms with Gasteiger partial charge in [0.15, 0.2) is 5.12 Å². The first-order chi connectivity index (χ1) is 8.06. The molecule has 0 spiro atoms. The lowest BCUT2D eigenvalue weighted by Gasteiger charge is -2.13. The third-order valence-electron chi connectivity index (χ3n) is 2.27. The van der Waals surface area contributed by atoms with E-state index < -0.39 is 0 Å². The van der Waals surface area contributed by atoms with Gasteiger partial charge in [-0.1, -0.05) is 11.8 Å². The van der Waals surface area contributed by atoms with Crippen molar-refractivity contribution >= 4 is 44.7 Å². The van der Waals surface area contributed by atoms with Crippen LogP contribution in [0.25, 0.3) is 0 Å². The zero-order valence-electron chi connectivity index (χ0n) is 9.09. The number of nitrogens with zero attached hydrogens (tertiary/aromatic N) is 3. The van der Waals surface area contributed by atoms with Crippen LogP contribution in [0.1, 0.15) is 13.3 Å². The Bertz CT molecular complexity index is 451. The Morgan fingerprint density at radius 3 is 2.76 bits per heavy atom. The Hall–Kier alpha value is -0.950. The van der Waals surface area contributed by atoms with E-state index in [-0.39, 0.29) is 16.3 Å². The molecule has 1 unspecified atom stereocenters. The van der Waals surface area contributed by atoms with Crippen molar-refractivity contribution < 1.29 is 9.59 Å². The summed E-state index contributed by atoms with van der Waals surface area (Å²) in [5.74, 6) is 0.357. The van der Waals surface area contributed by atoms with Crippen molar-refractivity contribution in [1.29, 1.82) is 0 Å². The van der Waals surface area contributed by atoms with Crippen LogP contribution < -0.4 is 4.90 Å².